The number of furan rings is 1. The Labute approximate surface area is 129 Å². The van der Waals surface area contributed by atoms with E-state index in [2.05, 4.69) is 15.6 Å². The minimum Gasteiger partial charge on any atom is -0.481 e. The normalized spacial score (nSPS) is 10.2. The van der Waals surface area contributed by atoms with Gasteiger partial charge >= 0.3 is 5.97 Å². The zero-order valence-electron chi connectivity index (χ0n) is 11.4. The Morgan fingerprint density at radius 2 is 2.14 bits per heavy atom. The molecule has 0 aromatic carbocycles. The second kappa shape index (κ2) is 7.36. The van der Waals surface area contributed by atoms with Gasteiger partial charge in [0, 0.05) is 18.3 Å². The minimum atomic E-state index is -0.911. The van der Waals surface area contributed by atoms with Crippen LogP contribution in [0.25, 0.3) is 0 Å². The van der Waals surface area contributed by atoms with Gasteiger partial charge in [-0.2, -0.15) is 0 Å². The van der Waals surface area contributed by atoms with Gasteiger partial charge in [0.25, 0.3) is 11.8 Å². The molecule has 116 valence electrons. The molecule has 0 fully saturated rings. The lowest BCUT2D eigenvalue weighted by Gasteiger charge is -2.01. The highest BCUT2D eigenvalue weighted by Gasteiger charge is 2.14. The maximum Gasteiger partial charge on any atom is 0.303 e. The van der Waals surface area contributed by atoms with E-state index in [1.54, 1.807) is 6.07 Å². The number of aromatic nitrogens is 1. The number of carboxylic acids is 1. The number of rotatable bonds is 7. The quantitative estimate of drug-likeness (QED) is 0.665. The van der Waals surface area contributed by atoms with Crippen LogP contribution < -0.4 is 10.6 Å². The monoisotopic (exact) mass is 323 g/mol. The summed E-state index contributed by atoms with van der Waals surface area (Å²) >= 11 is 1.11. The maximum absolute atomic E-state index is 11.8. The first-order chi connectivity index (χ1) is 10.6. The molecule has 0 aliphatic carbocycles. The lowest BCUT2D eigenvalue weighted by molar-refractivity contribution is -0.137. The van der Waals surface area contributed by atoms with Gasteiger partial charge in [0.05, 0.1) is 6.26 Å². The van der Waals surface area contributed by atoms with Crippen molar-refractivity contribution in [2.45, 2.75) is 12.8 Å². The summed E-state index contributed by atoms with van der Waals surface area (Å²) in [5, 5.41) is 15.3. The average molecular weight is 323 g/mol. The van der Waals surface area contributed by atoms with Crippen LogP contribution in [0.4, 0.5) is 5.13 Å². The van der Waals surface area contributed by atoms with Crippen LogP contribution in [-0.2, 0) is 4.79 Å². The number of amides is 2. The first-order valence-electron chi connectivity index (χ1n) is 6.36. The molecular formula is C13H13N3O5S. The van der Waals surface area contributed by atoms with Crippen LogP contribution in [0.3, 0.4) is 0 Å². The summed E-state index contributed by atoms with van der Waals surface area (Å²) in [6.45, 7) is 0.247. The molecule has 2 aromatic rings. The predicted octanol–water partition coefficient (Wildman–Crippen LogP) is 1.58. The maximum atomic E-state index is 11.8. The second-order valence-electron chi connectivity index (χ2n) is 4.22. The first-order valence-corrected chi connectivity index (χ1v) is 7.24. The summed E-state index contributed by atoms with van der Waals surface area (Å²) in [4.78, 5) is 37.8. The molecule has 0 bridgehead atoms. The van der Waals surface area contributed by atoms with Crippen molar-refractivity contribution < 1.29 is 23.9 Å². The van der Waals surface area contributed by atoms with E-state index in [9.17, 15) is 14.4 Å². The molecule has 22 heavy (non-hydrogen) atoms. The van der Waals surface area contributed by atoms with E-state index in [4.69, 9.17) is 9.52 Å². The molecule has 9 heteroatoms. The molecule has 2 amide bonds. The SMILES string of the molecule is O=C(O)CCCNC(=O)c1csc(NC(=O)c2ccco2)n1. The Kier molecular flexibility index (Phi) is 5.26. The highest BCUT2D eigenvalue weighted by atomic mass is 32.1. The third-order valence-corrected chi connectivity index (χ3v) is 3.31. The number of anilines is 1. The summed E-state index contributed by atoms with van der Waals surface area (Å²) in [5.41, 5.74) is 0.162. The Hall–Kier alpha value is -2.68. The summed E-state index contributed by atoms with van der Waals surface area (Å²) in [7, 11) is 0. The average Bonchev–Trinajstić information content (AvgIpc) is 3.14. The minimum absolute atomic E-state index is 0.0121. The number of nitrogens with zero attached hydrogens (tertiary/aromatic N) is 1. The Balaban J connectivity index is 1.84. The number of carbonyl (C=O) groups is 3. The summed E-state index contributed by atoms with van der Waals surface area (Å²) in [6.07, 6.45) is 1.71. The molecular weight excluding hydrogens is 310 g/mol. The van der Waals surface area contributed by atoms with E-state index in [1.165, 1.54) is 17.7 Å². The van der Waals surface area contributed by atoms with Crippen molar-refractivity contribution in [1.82, 2.24) is 10.3 Å². The van der Waals surface area contributed by atoms with Crippen molar-refractivity contribution in [1.29, 1.82) is 0 Å². The summed E-state index contributed by atoms with van der Waals surface area (Å²) in [5.74, 6) is -1.63. The second-order valence-corrected chi connectivity index (χ2v) is 5.08. The standard InChI is InChI=1S/C13H13N3O5S/c17-10(18)4-1-5-14-11(19)8-7-22-13(15-8)16-12(20)9-3-2-6-21-9/h2-3,6-7H,1,4-5H2,(H,14,19)(H,17,18)(H,15,16,20). The fourth-order valence-electron chi connectivity index (χ4n) is 1.53. The van der Waals surface area contributed by atoms with Gasteiger partial charge in [0.1, 0.15) is 5.69 Å². The zero-order chi connectivity index (χ0) is 15.9. The van der Waals surface area contributed by atoms with Crippen LogP contribution in [0.15, 0.2) is 28.2 Å². The lowest BCUT2D eigenvalue weighted by atomic mass is 10.3. The summed E-state index contributed by atoms with van der Waals surface area (Å²) < 4.78 is 4.94. The zero-order valence-corrected chi connectivity index (χ0v) is 12.2. The van der Waals surface area contributed by atoms with E-state index in [0.29, 0.717) is 6.42 Å². The van der Waals surface area contributed by atoms with Crippen LogP contribution >= 0.6 is 11.3 Å². The third kappa shape index (κ3) is 4.42. The molecule has 0 saturated heterocycles. The van der Waals surface area contributed by atoms with Crippen LogP contribution in [0.1, 0.15) is 33.9 Å². The third-order valence-electron chi connectivity index (χ3n) is 2.56. The number of carbonyl (C=O) groups excluding carboxylic acids is 2. The van der Waals surface area contributed by atoms with Crippen molar-refractivity contribution in [3.8, 4) is 0 Å². The number of hydrogen-bond donors (Lipinski definition) is 3. The van der Waals surface area contributed by atoms with Crippen molar-refractivity contribution in [2.24, 2.45) is 0 Å². The van der Waals surface area contributed by atoms with Crippen LogP contribution in [0.5, 0.6) is 0 Å². The first kappa shape index (κ1) is 15.7. The molecule has 0 atom stereocenters. The molecule has 0 aliphatic rings. The van der Waals surface area contributed by atoms with Crippen LogP contribution in [-0.4, -0.2) is 34.4 Å². The van der Waals surface area contributed by atoms with Gasteiger partial charge in [0.15, 0.2) is 10.9 Å². The topological polar surface area (TPSA) is 122 Å². The molecule has 0 radical (unpaired) electrons. The number of carboxylic acid groups (broad SMARTS) is 1. The Morgan fingerprint density at radius 3 is 2.82 bits per heavy atom. The van der Waals surface area contributed by atoms with E-state index in [1.807, 2.05) is 0 Å². The van der Waals surface area contributed by atoms with Crippen LogP contribution in [0.2, 0.25) is 0 Å². The van der Waals surface area contributed by atoms with E-state index in [-0.39, 0.29) is 29.6 Å². The van der Waals surface area contributed by atoms with Gasteiger partial charge in [-0.1, -0.05) is 0 Å². The van der Waals surface area contributed by atoms with Crippen LogP contribution in [0, 0.1) is 0 Å². The molecule has 0 spiro atoms. The number of aliphatic carboxylic acids is 1. The fraction of sp³-hybridized carbons (Fsp3) is 0.231. The predicted molar refractivity (Wildman–Crippen MR) is 78.0 cm³/mol. The number of hydrogen-bond acceptors (Lipinski definition) is 6. The molecule has 0 saturated carbocycles. The Bertz CT molecular complexity index is 665. The van der Waals surface area contributed by atoms with Gasteiger partial charge in [0.2, 0.25) is 0 Å². The molecule has 0 aliphatic heterocycles. The smallest absolute Gasteiger partial charge is 0.303 e. The highest BCUT2D eigenvalue weighted by Crippen LogP contribution is 2.16. The highest BCUT2D eigenvalue weighted by molar-refractivity contribution is 7.14. The van der Waals surface area contributed by atoms with Crippen molar-refractivity contribution in [3.05, 3.63) is 35.2 Å². The van der Waals surface area contributed by atoms with E-state index >= 15 is 0 Å². The van der Waals surface area contributed by atoms with Crippen molar-refractivity contribution in [3.63, 3.8) is 0 Å². The van der Waals surface area contributed by atoms with Gasteiger partial charge in [-0.25, -0.2) is 4.98 Å². The van der Waals surface area contributed by atoms with Gasteiger partial charge in [-0.3, -0.25) is 19.7 Å². The van der Waals surface area contributed by atoms with E-state index < -0.39 is 17.8 Å². The molecule has 2 aromatic heterocycles. The van der Waals surface area contributed by atoms with E-state index in [0.717, 1.165) is 11.3 Å². The molecule has 2 heterocycles. The summed E-state index contributed by atoms with van der Waals surface area (Å²) in [6, 6.07) is 3.10. The number of nitrogens with one attached hydrogen (secondary N) is 2. The molecule has 3 N–H and O–H groups in total. The van der Waals surface area contributed by atoms with Gasteiger partial charge in [-0.05, 0) is 18.6 Å². The largest absolute Gasteiger partial charge is 0.481 e. The molecule has 8 nitrogen and oxygen atoms in total. The van der Waals surface area contributed by atoms with Gasteiger partial charge < -0.3 is 14.8 Å². The van der Waals surface area contributed by atoms with Gasteiger partial charge in [-0.15, -0.1) is 11.3 Å². The number of thiazole rings is 1. The lowest BCUT2D eigenvalue weighted by Crippen LogP contribution is -2.25. The molecule has 2 rings (SSSR count). The Morgan fingerprint density at radius 1 is 1.32 bits per heavy atom. The van der Waals surface area contributed by atoms with Crippen molar-refractivity contribution in [2.75, 3.05) is 11.9 Å². The fourth-order valence-corrected chi connectivity index (χ4v) is 2.22. The van der Waals surface area contributed by atoms with Crippen molar-refractivity contribution >= 4 is 34.3 Å². The molecule has 0 unspecified atom stereocenters.